The van der Waals surface area contributed by atoms with Gasteiger partial charge in [0.2, 0.25) is 0 Å². The Morgan fingerprint density at radius 2 is 1.77 bits per heavy atom. The molecule has 1 heterocycles. The van der Waals surface area contributed by atoms with Gasteiger partial charge in [0, 0.05) is 17.5 Å². The minimum absolute atomic E-state index is 0.00290. The third-order valence-electron chi connectivity index (χ3n) is 5.45. The van der Waals surface area contributed by atoms with Crippen LogP contribution in [-0.2, 0) is 12.6 Å². The van der Waals surface area contributed by atoms with Crippen molar-refractivity contribution in [2.75, 3.05) is 5.43 Å². The molecule has 11 heteroatoms. The average molecular weight is 505 g/mol. The van der Waals surface area contributed by atoms with Crippen molar-refractivity contribution in [2.45, 2.75) is 32.4 Å². The number of hydrogen-bond acceptors (Lipinski definition) is 5. The number of nitrogens with zero attached hydrogens (tertiary/aromatic N) is 1. The number of alkyl halides is 3. The summed E-state index contributed by atoms with van der Waals surface area (Å²) < 4.78 is 44.7. The van der Waals surface area contributed by atoms with Crippen molar-refractivity contribution in [1.29, 1.82) is 0 Å². The number of fused-ring (bicyclic) bond motifs is 1. The first kappa shape index (κ1) is 24.3. The second-order valence-electron chi connectivity index (χ2n) is 7.84. The van der Waals surface area contributed by atoms with E-state index in [0.717, 1.165) is 12.1 Å². The van der Waals surface area contributed by atoms with Crippen LogP contribution in [0.2, 0.25) is 5.02 Å². The molecule has 182 valence electrons. The predicted octanol–water partition coefficient (Wildman–Crippen LogP) is 5.49. The molecule has 7 nitrogen and oxygen atoms in total. The van der Waals surface area contributed by atoms with E-state index in [2.05, 4.69) is 21.4 Å². The molecule has 0 atom stereocenters. The highest BCUT2D eigenvalue weighted by Gasteiger charge is 2.31. The first-order chi connectivity index (χ1) is 16.6. The fourth-order valence-electron chi connectivity index (χ4n) is 3.78. The van der Waals surface area contributed by atoms with Crippen LogP contribution in [0.4, 0.5) is 18.9 Å². The molecule has 0 radical (unpaired) electrons. The summed E-state index contributed by atoms with van der Waals surface area (Å²) in [7, 11) is 0. The molecule has 0 spiro atoms. The van der Waals surface area contributed by atoms with E-state index in [4.69, 9.17) is 16.0 Å². The molecule has 0 fully saturated rings. The molecular formula is C24H20ClF3N4O3. The van der Waals surface area contributed by atoms with Gasteiger partial charge in [-0.15, -0.1) is 0 Å². The van der Waals surface area contributed by atoms with E-state index in [1.807, 2.05) is 0 Å². The van der Waals surface area contributed by atoms with E-state index in [0.29, 0.717) is 41.9 Å². The lowest BCUT2D eigenvalue weighted by Crippen LogP contribution is -2.41. The Hall–Kier alpha value is -3.79. The first-order valence-electron chi connectivity index (χ1n) is 10.6. The van der Waals surface area contributed by atoms with Crippen LogP contribution in [-0.4, -0.2) is 17.5 Å². The summed E-state index contributed by atoms with van der Waals surface area (Å²) in [5.41, 5.74) is 8.57. The van der Waals surface area contributed by atoms with Gasteiger partial charge in [0.1, 0.15) is 5.76 Å². The number of hydrazine groups is 1. The molecule has 1 aliphatic rings. The minimum Gasteiger partial charge on any atom is -0.455 e. The Morgan fingerprint density at radius 1 is 1.03 bits per heavy atom. The van der Waals surface area contributed by atoms with Crippen LogP contribution in [0.25, 0.3) is 0 Å². The van der Waals surface area contributed by atoms with Gasteiger partial charge in [-0.2, -0.15) is 18.3 Å². The summed E-state index contributed by atoms with van der Waals surface area (Å²) in [6, 6.07) is 11.1. The van der Waals surface area contributed by atoms with E-state index in [1.165, 1.54) is 18.2 Å². The van der Waals surface area contributed by atoms with E-state index in [1.54, 1.807) is 25.1 Å². The van der Waals surface area contributed by atoms with Gasteiger partial charge in [-0.05, 0) is 50.1 Å². The number of nitrogens with one attached hydrogen (secondary N) is 3. The summed E-state index contributed by atoms with van der Waals surface area (Å²) in [6.45, 7) is 1.68. The van der Waals surface area contributed by atoms with Gasteiger partial charge >= 0.3 is 12.1 Å². The van der Waals surface area contributed by atoms with Gasteiger partial charge in [0.25, 0.3) is 5.91 Å². The molecule has 0 saturated heterocycles. The fourth-order valence-corrected chi connectivity index (χ4v) is 4.00. The predicted molar refractivity (Wildman–Crippen MR) is 124 cm³/mol. The van der Waals surface area contributed by atoms with Gasteiger partial charge in [-0.1, -0.05) is 29.8 Å². The lowest BCUT2D eigenvalue weighted by Gasteiger charge is -2.14. The maximum absolute atomic E-state index is 13.0. The lowest BCUT2D eigenvalue weighted by atomic mass is 9.93. The maximum atomic E-state index is 13.0. The van der Waals surface area contributed by atoms with Crippen molar-refractivity contribution < 1.29 is 27.2 Å². The number of benzene rings is 2. The second-order valence-corrected chi connectivity index (χ2v) is 8.25. The molecule has 2 amide bonds. The van der Waals surface area contributed by atoms with Gasteiger partial charge in [-0.25, -0.2) is 0 Å². The Bertz CT molecular complexity index is 1320. The highest BCUT2D eigenvalue weighted by molar-refractivity contribution is 6.33. The van der Waals surface area contributed by atoms with Crippen LogP contribution in [0, 0.1) is 6.92 Å². The zero-order valence-corrected chi connectivity index (χ0v) is 19.2. The number of halogens is 4. The molecule has 0 aliphatic heterocycles. The first-order valence-corrected chi connectivity index (χ1v) is 11.0. The molecule has 4 rings (SSSR count). The number of anilines is 1. The monoisotopic (exact) mass is 504 g/mol. The van der Waals surface area contributed by atoms with Crippen LogP contribution >= 0.6 is 11.6 Å². The van der Waals surface area contributed by atoms with E-state index in [-0.39, 0.29) is 22.0 Å². The topological polar surface area (TPSA) is 95.7 Å². The lowest BCUT2D eigenvalue weighted by molar-refractivity contribution is -0.137. The Labute approximate surface area is 203 Å². The smallest absolute Gasteiger partial charge is 0.416 e. The number of aryl methyl sites for hydroxylation is 1. The minimum atomic E-state index is -4.46. The van der Waals surface area contributed by atoms with Crippen molar-refractivity contribution in [3.8, 4) is 0 Å². The summed E-state index contributed by atoms with van der Waals surface area (Å²) >= 11 is 6.00. The summed E-state index contributed by atoms with van der Waals surface area (Å²) in [6.07, 6.45) is -2.66. The number of carbonyl (C=O) groups is 2. The van der Waals surface area contributed by atoms with Gasteiger partial charge < -0.3 is 4.42 Å². The number of amides is 2. The standard InChI is InChI=1S/C24H20ClF3N4O3/c1-13-20-18(30-29-15-7-4-6-14(12-15)24(26,27)28)10-5-11-19(20)35-21(13)23(34)32-31-22(33)16-8-2-3-9-17(16)25/h2-4,6-9,12,29H,5,10-11H2,1H3,(H,31,33)(H,32,34)/b30-18+. The zero-order chi connectivity index (χ0) is 25.2. The van der Waals surface area contributed by atoms with Gasteiger partial charge in [0.05, 0.1) is 27.5 Å². The highest BCUT2D eigenvalue weighted by Crippen LogP contribution is 2.32. The molecule has 3 N–H and O–H groups in total. The van der Waals surface area contributed by atoms with E-state index in [9.17, 15) is 22.8 Å². The fraction of sp³-hybridized carbons (Fsp3) is 0.208. The van der Waals surface area contributed by atoms with Crippen molar-refractivity contribution >= 4 is 34.8 Å². The zero-order valence-electron chi connectivity index (χ0n) is 18.4. The molecule has 1 aromatic heterocycles. The Kier molecular flexibility index (Phi) is 6.83. The number of carbonyl (C=O) groups excluding carboxylic acids is 2. The molecular weight excluding hydrogens is 485 g/mol. The van der Waals surface area contributed by atoms with Crippen LogP contribution in [0.15, 0.2) is 58.0 Å². The average Bonchev–Trinajstić information content (AvgIpc) is 3.18. The number of hydrazone groups is 1. The van der Waals surface area contributed by atoms with Crippen molar-refractivity contribution in [3.05, 3.63) is 87.3 Å². The largest absolute Gasteiger partial charge is 0.455 e. The van der Waals surface area contributed by atoms with E-state index >= 15 is 0 Å². The quantitative estimate of drug-likeness (QED) is 0.409. The van der Waals surface area contributed by atoms with Crippen molar-refractivity contribution in [1.82, 2.24) is 10.9 Å². The molecule has 3 aromatic rings. The molecule has 0 saturated carbocycles. The maximum Gasteiger partial charge on any atom is 0.416 e. The summed E-state index contributed by atoms with van der Waals surface area (Å²) in [4.78, 5) is 25.0. The number of hydrogen-bond donors (Lipinski definition) is 3. The van der Waals surface area contributed by atoms with Crippen molar-refractivity contribution in [2.24, 2.45) is 5.10 Å². The van der Waals surface area contributed by atoms with Gasteiger partial charge in [-0.3, -0.25) is 25.9 Å². The summed E-state index contributed by atoms with van der Waals surface area (Å²) in [5.74, 6) is -0.711. The molecule has 0 bridgehead atoms. The number of rotatable bonds is 4. The second kappa shape index (κ2) is 9.83. The molecule has 2 aromatic carbocycles. The Balaban J connectivity index is 1.51. The van der Waals surface area contributed by atoms with Crippen molar-refractivity contribution in [3.63, 3.8) is 0 Å². The molecule has 0 unspecified atom stereocenters. The summed E-state index contributed by atoms with van der Waals surface area (Å²) in [5, 5.41) is 4.53. The van der Waals surface area contributed by atoms with E-state index < -0.39 is 23.6 Å². The van der Waals surface area contributed by atoms with Crippen LogP contribution < -0.4 is 16.3 Å². The molecule has 35 heavy (non-hydrogen) atoms. The normalized spacial score (nSPS) is 14.4. The van der Waals surface area contributed by atoms with Crippen LogP contribution in [0.1, 0.15) is 56.2 Å². The van der Waals surface area contributed by atoms with Crippen LogP contribution in [0.3, 0.4) is 0 Å². The van der Waals surface area contributed by atoms with Crippen LogP contribution in [0.5, 0.6) is 0 Å². The third-order valence-corrected chi connectivity index (χ3v) is 5.78. The SMILES string of the molecule is Cc1c(C(=O)NNC(=O)c2ccccc2Cl)oc2c1/C(=N/Nc1cccc(C(F)(F)F)c1)CCC2. The molecule has 1 aliphatic carbocycles. The highest BCUT2D eigenvalue weighted by atomic mass is 35.5. The third kappa shape index (κ3) is 5.32. The number of furan rings is 1. The Morgan fingerprint density at radius 3 is 2.51 bits per heavy atom. The van der Waals surface area contributed by atoms with Gasteiger partial charge in [0.15, 0.2) is 5.76 Å².